The van der Waals surface area contributed by atoms with E-state index in [1.807, 2.05) is 35.2 Å². The van der Waals surface area contributed by atoms with Crippen LogP contribution in [0, 0.1) is 0 Å². The largest absolute Gasteiger partial charge is 0.373 e. The molecule has 2 aliphatic heterocycles. The van der Waals surface area contributed by atoms with Crippen molar-refractivity contribution in [2.45, 2.75) is 30.9 Å². The van der Waals surface area contributed by atoms with E-state index in [-0.39, 0.29) is 17.6 Å². The Labute approximate surface area is 145 Å². The van der Waals surface area contributed by atoms with Crippen molar-refractivity contribution < 1.29 is 9.53 Å². The van der Waals surface area contributed by atoms with E-state index in [1.165, 1.54) is 11.3 Å². The minimum Gasteiger partial charge on any atom is -0.373 e. The molecule has 1 aromatic carbocycles. The van der Waals surface area contributed by atoms with Crippen LogP contribution >= 0.6 is 11.3 Å². The molecular formula is C18H21N3O2S. The van der Waals surface area contributed by atoms with Crippen LogP contribution in [0.15, 0.2) is 42.0 Å². The third kappa shape index (κ3) is 2.97. The lowest BCUT2D eigenvalue weighted by Crippen LogP contribution is -2.44. The molecule has 0 radical (unpaired) electrons. The van der Waals surface area contributed by atoms with Crippen LogP contribution in [-0.4, -0.2) is 42.2 Å². The maximum Gasteiger partial charge on any atom is 0.270 e. The molecule has 0 bridgehead atoms. The maximum atomic E-state index is 13.1. The van der Waals surface area contributed by atoms with Crippen molar-refractivity contribution in [2.24, 2.45) is 0 Å². The monoisotopic (exact) mass is 343 g/mol. The van der Waals surface area contributed by atoms with Crippen LogP contribution in [0.5, 0.6) is 0 Å². The molecule has 1 aromatic heterocycles. The Hall–Kier alpha value is -1.76. The van der Waals surface area contributed by atoms with E-state index in [1.54, 1.807) is 11.7 Å². The number of ether oxygens (including phenoxy) is 1. The standard InChI is InChI=1S/C18H21N3O2S/c22-17(16-11-20-13-24-16)21(14-4-2-1-3-5-14)15-10-18(23-12-15)6-8-19-9-7-18/h1-5,11,13,15,19H,6-10,12H2. The summed E-state index contributed by atoms with van der Waals surface area (Å²) in [6.45, 7) is 2.57. The van der Waals surface area contributed by atoms with Crippen LogP contribution < -0.4 is 10.2 Å². The Morgan fingerprint density at radius 2 is 2.08 bits per heavy atom. The van der Waals surface area contributed by atoms with Gasteiger partial charge in [-0.05, 0) is 44.5 Å². The molecule has 1 atom stereocenters. The molecule has 5 nitrogen and oxygen atoms in total. The van der Waals surface area contributed by atoms with Gasteiger partial charge in [-0.1, -0.05) is 18.2 Å². The topological polar surface area (TPSA) is 54.5 Å². The number of nitrogens with one attached hydrogen (secondary N) is 1. The summed E-state index contributed by atoms with van der Waals surface area (Å²) in [4.78, 5) is 19.7. The van der Waals surface area contributed by atoms with E-state index in [0.29, 0.717) is 11.5 Å². The number of benzene rings is 1. The lowest BCUT2D eigenvalue weighted by Gasteiger charge is -2.34. The smallest absolute Gasteiger partial charge is 0.270 e. The first-order chi connectivity index (χ1) is 11.8. The van der Waals surface area contributed by atoms with E-state index in [9.17, 15) is 4.79 Å². The average molecular weight is 343 g/mol. The summed E-state index contributed by atoms with van der Waals surface area (Å²) in [7, 11) is 0. The summed E-state index contributed by atoms with van der Waals surface area (Å²) < 4.78 is 6.22. The van der Waals surface area contributed by atoms with Crippen LogP contribution in [-0.2, 0) is 4.74 Å². The third-order valence-corrected chi connectivity index (χ3v) is 5.73. The fourth-order valence-corrected chi connectivity index (χ4v) is 4.30. The van der Waals surface area contributed by atoms with Crippen molar-refractivity contribution in [1.82, 2.24) is 10.3 Å². The number of rotatable bonds is 3. The Balaban J connectivity index is 1.62. The van der Waals surface area contributed by atoms with Gasteiger partial charge in [0.15, 0.2) is 0 Å². The lowest BCUT2D eigenvalue weighted by molar-refractivity contribution is -0.0193. The lowest BCUT2D eigenvalue weighted by atomic mass is 9.88. The minimum absolute atomic E-state index is 0.0169. The highest BCUT2D eigenvalue weighted by atomic mass is 32.1. The van der Waals surface area contributed by atoms with E-state index < -0.39 is 0 Å². The average Bonchev–Trinajstić information content (AvgIpc) is 3.28. The molecule has 3 heterocycles. The first kappa shape index (κ1) is 15.7. The molecule has 2 aliphatic rings. The number of carbonyl (C=O) groups is 1. The minimum atomic E-state index is -0.0725. The van der Waals surface area contributed by atoms with Crippen molar-refractivity contribution in [3.8, 4) is 0 Å². The number of thiazole rings is 1. The SMILES string of the molecule is O=C(c1cncs1)N(c1ccccc1)C1COC2(CCNCC2)C1. The van der Waals surface area contributed by atoms with Gasteiger partial charge in [-0.15, -0.1) is 11.3 Å². The van der Waals surface area contributed by atoms with Crippen molar-refractivity contribution in [1.29, 1.82) is 0 Å². The van der Waals surface area contributed by atoms with Gasteiger partial charge < -0.3 is 15.0 Å². The molecular weight excluding hydrogens is 322 g/mol. The van der Waals surface area contributed by atoms with Gasteiger partial charge >= 0.3 is 0 Å². The van der Waals surface area contributed by atoms with Gasteiger partial charge in [0.1, 0.15) is 4.88 Å². The number of carbonyl (C=O) groups excluding carboxylic acids is 1. The maximum absolute atomic E-state index is 13.1. The van der Waals surface area contributed by atoms with Crippen molar-refractivity contribution in [3.05, 3.63) is 46.9 Å². The summed E-state index contributed by atoms with van der Waals surface area (Å²) in [6, 6.07) is 9.97. The zero-order valence-corrected chi connectivity index (χ0v) is 14.3. The summed E-state index contributed by atoms with van der Waals surface area (Å²) in [5.41, 5.74) is 2.56. The number of anilines is 1. The van der Waals surface area contributed by atoms with Crippen LogP contribution in [0.2, 0.25) is 0 Å². The molecule has 4 rings (SSSR count). The zero-order chi connectivity index (χ0) is 16.4. The Kier molecular flexibility index (Phi) is 4.35. The zero-order valence-electron chi connectivity index (χ0n) is 13.5. The molecule has 2 aromatic rings. The molecule has 126 valence electrons. The van der Waals surface area contributed by atoms with Crippen molar-refractivity contribution in [3.63, 3.8) is 0 Å². The van der Waals surface area contributed by atoms with E-state index in [4.69, 9.17) is 4.74 Å². The summed E-state index contributed by atoms with van der Waals surface area (Å²) >= 11 is 1.39. The predicted octanol–water partition coefficient (Wildman–Crippen LogP) is 2.70. The number of piperidine rings is 1. The number of nitrogens with zero attached hydrogens (tertiary/aromatic N) is 2. The second kappa shape index (κ2) is 6.63. The highest BCUT2D eigenvalue weighted by molar-refractivity contribution is 7.11. The molecule has 1 N–H and O–H groups in total. The summed E-state index contributed by atoms with van der Waals surface area (Å²) in [6.07, 6.45) is 4.58. The van der Waals surface area contributed by atoms with Gasteiger partial charge in [0, 0.05) is 5.69 Å². The van der Waals surface area contributed by atoms with Gasteiger partial charge in [0.25, 0.3) is 5.91 Å². The molecule has 0 saturated carbocycles. The van der Waals surface area contributed by atoms with E-state index >= 15 is 0 Å². The molecule has 2 fully saturated rings. The number of amides is 1. The fourth-order valence-electron chi connectivity index (χ4n) is 3.74. The Bertz CT molecular complexity index is 684. The van der Waals surface area contributed by atoms with Crippen LogP contribution in [0.1, 0.15) is 28.9 Å². The molecule has 24 heavy (non-hydrogen) atoms. The third-order valence-electron chi connectivity index (χ3n) is 4.97. The summed E-state index contributed by atoms with van der Waals surface area (Å²) in [5.74, 6) is 0.0169. The number of hydrogen-bond acceptors (Lipinski definition) is 5. The van der Waals surface area contributed by atoms with Crippen LogP contribution in [0.3, 0.4) is 0 Å². The second-order valence-electron chi connectivity index (χ2n) is 6.48. The first-order valence-corrected chi connectivity index (χ1v) is 9.27. The van der Waals surface area contributed by atoms with Gasteiger partial charge in [-0.3, -0.25) is 9.78 Å². The normalized spacial score (nSPS) is 22.6. The molecule has 1 unspecified atom stereocenters. The number of para-hydroxylation sites is 1. The van der Waals surface area contributed by atoms with Gasteiger partial charge in [-0.2, -0.15) is 0 Å². The van der Waals surface area contributed by atoms with Crippen LogP contribution in [0.4, 0.5) is 5.69 Å². The Morgan fingerprint density at radius 1 is 1.29 bits per heavy atom. The second-order valence-corrected chi connectivity index (χ2v) is 7.36. The Morgan fingerprint density at radius 3 is 2.79 bits per heavy atom. The predicted molar refractivity (Wildman–Crippen MR) is 94.6 cm³/mol. The molecule has 1 spiro atoms. The highest BCUT2D eigenvalue weighted by Gasteiger charge is 2.44. The molecule has 1 amide bonds. The highest BCUT2D eigenvalue weighted by Crippen LogP contribution is 2.38. The fraction of sp³-hybridized carbons (Fsp3) is 0.444. The first-order valence-electron chi connectivity index (χ1n) is 8.39. The van der Waals surface area contributed by atoms with E-state index in [2.05, 4.69) is 10.3 Å². The van der Waals surface area contributed by atoms with Crippen molar-refractivity contribution in [2.75, 3.05) is 24.6 Å². The number of aromatic nitrogens is 1. The van der Waals surface area contributed by atoms with Gasteiger partial charge in [-0.25, -0.2) is 0 Å². The van der Waals surface area contributed by atoms with Gasteiger partial charge in [0.2, 0.25) is 0 Å². The molecule has 2 saturated heterocycles. The quantitative estimate of drug-likeness (QED) is 0.931. The van der Waals surface area contributed by atoms with Crippen LogP contribution in [0.25, 0.3) is 0 Å². The summed E-state index contributed by atoms with van der Waals surface area (Å²) in [5, 5.41) is 3.39. The molecule has 6 heteroatoms. The van der Waals surface area contributed by atoms with Gasteiger partial charge in [0.05, 0.1) is 30.0 Å². The van der Waals surface area contributed by atoms with Crippen molar-refractivity contribution >= 4 is 22.9 Å². The number of hydrogen-bond donors (Lipinski definition) is 1. The van der Waals surface area contributed by atoms with E-state index in [0.717, 1.165) is 38.0 Å². The molecule has 0 aliphatic carbocycles.